The van der Waals surface area contributed by atoms with Crippen molar-refractivity contribution >= 4 is 6.29 Å². The molecule has 3 heteroatoms. The molecule has 0 saturated heterocycles. The third-order valence-electron chi connectivity index (χ3n) is 2.46. The Morgan fingerprint density at radius 1 is 1.12 bits per heavy atom. The number of hydrogen-bond donors (Lipinski definition) is 0. The molecule has 0 heterocycles. The Balaban J connectivity index is 2.60. The molecule has 0 radical (unpaired) electrons. The van der Waals surface area contributed by atoms with Crippen molar-refractivity contribution < 1.29 is 9.18 Å². The summed E-state index contributed by atoms with van der Waals surface area (Å²) in [6.07, 6.45) is 0.722. The molecule has 0 atom stereocenters. The number of hydrogen-bond acceptors (Lipinski definition) is 2. The Labute approximate surface area is 97.9 Å². The van der Waals surface area contributed by atoms with Crippen LogP contribution in [0.4, 0.5) is 4.39 Å². The Hall–Kier alpha value is -2.47. The van der Waals surface area contributed by atoms with Crippen molar-refractivity contribution in [2.24, 2.45) is 0 Å². The molecule has 0 N–H and O–H groups in total. The van der Waals surface area contributed by atoms with Crippen LogP contribution in [0.25, 0.3) is 11.1 Å². The molecular formula is C14H8FNO. The van der Waals surface area contributed by atoms with Gasteiger partial charge in [0.15, 0.2) is 6.29 Å². The summed E-state index contributed by atoms with van der Waals surface area (Å²) >= 11 is 0. The minimum atomic E-state index is -0.335. The molecule has 0 unspecified atom stereocenters. The minimum absolute atomic E-state index is 0.335. The number of nitriles is 1. The summed E-state index contributed by atoms with van der Waals surface area (Å²) in [5, 5.41) is 8.82. The molecule has 0 aliphatic carbocycles. The number of carbonyl (C=O) groups is 1. The summed E-state index contributed by atoms with van der Waals surface area (Å²) in [5.74, 6) is -0.335. The van der Waals surface area contributed by atoms with E-state index in [9.17, 15) is 9.18 Å². The molecule has 17 heavy (non-hydrogen) atoms. The van der Waals surface area contributed by atoms with Crippen LogP contribution in [0.2, 0.25) is 0 Å². The molecule has 82 valence electrons. The SMILES string of the molecule is N#Cc1ccc(C=O)c(-c2ccc(F)cc2)c1. The molecule has 0 aliphatic rings. The van der Waals surface area contributed by atoms with E-state index in [4.69, 9.17) is 5.26 Å². The van der Waals surface area contributed by atoms with Crippen LogP contribution in [-0.4, -0.2) is 6.29 Å². The van der Waals surface area contributed by atoms with Crippen molar-refractivity contribution in [1.82, 2.24) is 0 Å². The summed E-state index contributed by atoms with van der Waals surface area (Å²) in [5.41, 5.74) is 2.30. The number of nitrogens with zero attached hydrogens (tertiary/aromatic N) is 1. The number of halogens is 1. The molecule has 2 aromatic carbocycles. The molecule has 0 aliphatic heterocycles. The summed E-state index contributed by atoms with van der Waals surface area (Å²) in [6, 6.07) is 12.6. The second kappa shape index (κ2) is 4.58. The lowest BCUT2D eigenvalue weighted by Gasteiger charge is -2.05. The van der Waals surface area contributed by atoms with Gasteiger partial charge < -0.3 is 0 Å². The maximum atomic E-state index is 12.8. The van der Waals surface area contributed by atoms with Gasteiger partial charge in [0, 0.05) is 5.56 Å². The van der Waals surface area contributed by atoms with E-state index in [0.29, 0.717) is 22.3 Å². The van der Waals surface area contributed by atoms with Crippen LogP contribution >= 0.6 is 0 Å². The van der Waals surface area contributed by atoms with E-state index in [1.54, 1.807) is 30.3 Å². The Morgan fingerprint density at radius 2 is 1.82 bits per heavy atom. The molecule has 2 aromatic rings. The molecule has 2 rings (SSSR count). The Kier molecular flexibility index (Phi) is 2.97. The summed E-state index contributed by atoms with van der Waals surface area (Å²) in [4.78, 5) is 10.9. The third kappa shape index (κ3) is 2.21. The van der Waals surface area contributed by atoms with Crippen molar-refractivity contribution in [2.45, 2.75) is 0 Å². The van der Waals surface area contributed by atoms with E-state index in [1.807, 2.05) is 6.07 Å². The maximum absolute atomic E-state index is 12.8. The molecule has 0 bridgehead atoms. The number of benzene rings is 2. The predicted molar refractivity (Wildman–Crippen MR) is 61.9 cm³/mol. The van der Waals surface area contributed by atoms with E-state index in [-0.39, 0.29) is 5.82 Å². The van der Waals surface area contributed by atoms with Crippen LogP contribution < -0.4 is 0 Å². The van der Waals surface area contributed by atoms with Crippen molar-refractivity contribution in [3.05, 3.63) is 59.4 Å². The van der Waals surface area contributed by atoms with Crippen LogP contribution in [-0.2, 0) is 0 Å². The normalized spacial score (nSPS) is 9.65. The lowest BCUT2D eigenvalue weighted by molar-refractivity contribution is 0.112. The molecule has 0 spiro atoms. The third-order valence-corrected chi connectivity index (χ3v) is 2.46. The predicted octanol–water partition coefficient (Wildman–Crippen LogP) is 3.18. The molecule has 0 fully saturated rings. The highest BCUT2D eigenvalue weighted by molar-refractivity contribution is 5.88. The van der Waals surface area contributed by atoms with Gasteiger partial charge in [0.2, 0.25) is 0 Å². The van der Waals surface area contributed by atoms with Gasteiger partial charge in [-0.25, -0.2) is 4.39 Å². The Bertz CT molecular complexity index is 597. The molecule has 0 saturated carbocycles. The fraction of sp³-hybridized carbons (Fsp3) is 0. The summed E-state index contributed by atoms with van der Waals surface area (Å²) in [7, 11) is 0. The number of aldehydes is 1. The molecule has 0 aromatic heterocycles. The average Bonchev–Trinajstić information content (AvgIpc) is 2.39. The highest BCUT2D eigenvalue weighted by Crippen LogP contribution is 2.24. The number of carbonyl (C=O) groups excluding carboxylic acids is 1. The first-order chi connectivity index (χ1) is 8.24. The van der Waals surface area contributed by atoms with Gasteiger partial charge in [-0.05, 0) is 41.5 Å². The highest BCUT2D eigenvalue weighted by Gasteiger charge is 2.06. The highest BCUT2D eigenvalue weighted by atomic mass is 19.1. The van der Waals surface area contributed by atoms with Gasteiger partial charge in [0.1, 0.15) is 5.82 Å². The van der Waals surface area contributed by atoms with E-state index in [0.717, 1.165) is 6.29 Å². The van der Waals surface area contributed by atoms with E-state index >= 15 is 0 Å². The van der Waals surface area contributed by atoms with Gasteiger partial charge in [0.05, 0.1) is 11.6 Å². The molecule has 0 amide bonds. The van der Waals surface area contributed by atoms with E-state index in [1.165, 1.54) is 12.1 Å². The standard InChI is InChI=1S/C14H8FNO/c15-13-5-3-11(4-6-13)14-7-10(8-16)1-2-12(14)9-17/h1-7,9H. The van der Waals surface area contributed by atoms with Crippen LogP contribution in [0.15, 0.2) is 42.5 Å². The zero-order valence-electron chi connectivity index (χ0n) is 8.85. The van der Waals surface area contributed by atoms with Gasteiger partial charge in [-0.3, -0.25) is 4.79 Å². The van der Waals surface area contributed by atoms with Crippen molar-refractivity contribution in [3.63, 3.8) is 0 Å². The summed E-state index contributed by atoms with van der Waals surface area (Å²) in [6.45, 7) is 0. The van der Waals surface area contributed by atoms with Crippen molar-refractivity contribution in [2.75, 3.05) is 0 Å². The quantitative estimate of drug-likeness (QED) is 0.736. The van der Waals surface area contributed by atoms with Gasteiger partial charge >= 0.3 is 0 Å². The van der Waals surface area contributed by atoms with Crippen LogP contribution in [0.1, 0.15) is 15.9 Å². The monoisotopic (exact) mass is 225 g/mol. The van der Waals surface area contributed by atoms with Gasteiger partial charge in [-0.15, -0.1) is 0 Å². The van der Waals surface area contributed by atoms with Crippen LogP contribution in [0, 0.1) is 17.1 Å². The zero-order valence-corrected chi connectivity index (χ0v) is 8.85. The number of rotatable bonds is 2. The first-order valence-corrected chi connectivity index (χ1v) is 5.00. The smallest absolute Gasteiger partial charge is 0.150 e. The Morgan fingerprint density at radius 3 is 2.41 bits per heavy atom. The van der Waals surface area contributed by atoms with Crippen LogP contribution in [0.5, 0.6) is 0 Å². The van der Waals surface area contributed by atoms with Gasteiger partial charge in [-0.1, -0.05) is 12.1 Å². The van der Waals surface area contributed by atoms with Gasteiger partial charge in [-0.2, -0.15) is 5.26 Å². The maximum Gasteiger partial charge on any atom is 0.150 e. The van der Waals surface area contributed by atoms with E-state index in [2.05, 4.69) is 0 Å². The topological polar surface area (TPSA) is 40.9 Å². The average molecular weight is 225 g/mol. The second-order valence-corrected chi connectivity index (χ2v) is 3.54. The van der Waals surface area contributed by atoms with Crippen molar-refractivity contribution in [3.8, 4) is 17.2 Å². The fourth-order valence-electron chi connectivity index (χ4n) is 1.61. The summed E-state index contributed by atoms with van der Waals surface area (Å²) < 4.78 is 12.8. The lowest BCUT2D eigenvalue weighted by atomic mass is 9.98. The largest absolute Gasteiger partial charge is 0.298 e. The molecular weight excluding hydrogens is 217 g/mol. The van der Waals surface area contributed by atoms with E-state index < -0.39 is 0 Å². The fourth-order valence-corrected chi connectivity index (χ4v) is 1.61. The second-order valence-electron chi connectivity index (χ2n) is 3.54. The first-order valence-electron chi connectivity index (χ1n) is 5.00. The minimum Gasteiger partial charge on any atom is -0.298 e. The van der Waals surface area contributed by atoms with Crippen molar-refractivity contribution in [1.29, 1.82) is 5.26 Å². The van der Waals surface area contributed by atoms with Gasteiger partial charge in [0.25, 0.3) is 0 Å². The van der Waals surface area contributed by atoms with Crippen LogP contribution in [0.3, 0.4) is 0 Å². The zero-order chi connectivity index (χ0) is 12.3. The first kappa shape index (κ1) is 11.0. The molecule has 2 nitrogen and oxygen atoms in total. The lowest BCUT2D eigenvalue weighted by Crippen LogP contribution is -1.89.